The Morgan fingerprint density at radius 2 is 2.17 bits per heavy atom. The average Bonchev–Trinajstić information content (AvgIpc) is 2.31. The van der Waals surface area contributed by atoms with Crippen molar-refractivity contribution in [1.82, 2.24) is 0 Å². The number of hydrogen-bond donors (Lipinski definition) is 0. The molecular formula is C10H16O2. The Balaban J connectivity index is 2.32. The molecule has 12 heavy (non-hydrogen) atoms. The molecule has 2 heteroatoms. The van der Waals surface area contributed by atoms with Crippen molar-refractivity contribution in [2.24, 2.45) is 0 Å². The lowest BCUT2D eigenvalue weighted by Crippen LogP contribution is -1.93. The second-order valence-corrected chi connectivity index (χ2v) is 3.31. The van der Waals surface area contributed by atoms with Crippen molar-refractivity contribution in [3.05, 3.63) is 11.3 Å². The summed E-state index contributed by atoms with van der Waals surface area (Å²) >= 11 is 0. The van der Waals surface area contributed by atoms with E-state index in [1.54, 1.807) is 0 Å². The SMILES string of the molecule is CCCCCC1=C(C)CC(=O)O1. The van der Waals surface area contributed by atoms with Crippen LogP contribution in [0, 0.1) is 0 Å². The molecule has 0 fully saturated rings. The van der Waals surface area contributed by atoms with Gasteiger partial charge in [0.25, 0.3) is 0 Å². The number of carbonyl (C=O) groups excluding carboxylic acids is 1. The molecule has 0 unspecified atom stereocenters. The van der Waals surface area contributed by atoms with Crippen molar-refractivity contribution in [2.75, 3.05) is 0 Å². The Morgan fingerprint density at radius 1 is 1.42 bits per heavy atom. The summed E-state index contributed by atoms with van der Waals surface area (Å²) in [5, 5.41) is 0. The highest BCUT2D eigenvalue weighted by molar-refractivity contribution is 5.76. The van der Waals surface area contributed by atoms with Crippen LogP contribution in [0.3, 0.4) is 0 Å². The van der Waals surface area contributed by atoms with Gasteiger partial charge in [0.1, 0.15) is 5.76 Å². The van der Waals surface area contributed by atoms with Gasteiger partial charge in [-0.3, -0.25) is 4.79 Å². The number of unbranched alkanes of at least 4 members (excludes halogenated alkanes) is 2. The maximum Gasteiger partial charge on any atom is 0.315 e. The maximum absolute atomic E-state index is 10.8. The lowest BCUT2D eigenvalue weighted by molar-refractivity contribution is -0.136. The number of hydrogen-bond acceptors (Lipinski definition) is 2. The topological polar surface area (TPSA) is 26.3 Å². The molecule has 0 aromatic heterocycles. The van der Waals surface area contributed by atoms with E-state index in [2.05, 4.69) is 6.92 Å². The number of allylic oxidation sites excluding steroid dienone is 1. The van der Waals surface area contributed by atoms with E-state index in [0.29, 0.717) is 6.42 Å². The molecule has 0 bridgehead atoms. The van der Waals surface area contributed by atoms with Crippen LogP contribution in [0.1, 0.15) is 46.0 Å². The van der Waals surface area contributed by atoms with Crippen LogP contribution in [0.4, 0.5) is 0 Å². The second-order valence-electron chi connectivity index (χ2n) is 3.31. The van der Waals surface area contributed by atoms with E-state index in [0.717, 1.165) is 24.2 Å². The van der Waals surface area contributed by atoms with E-state index in [1.807, 2.05) is 6.92 Å². The summed E-state index contributed by atoms with van der Waals surface area (Å²) in [5.41, 5.74) is 1.12. The summed E-state index contributed by atoms with van der Waals surface area (Å²) in [7, 11) is 0. The molecule has 68 valence electrons. The summed E-state index contributed by atoms with van der Waals surface area (Å²) in [5.74, 6) is 0.840. The zero-order chi connectivity index (χ0) is 8.97. The van der Waals surface area contributed by atoms with Gasteiger partial charge >= 0.3 is 5.97 Å². The van der Waals surface area contributed by atoms with E-state index in [1.165, 1.54) is 12.8 Å². The monoisotopic (exact) mass is 168 g/mol. The zero-order valence-corrected chi connectivity index (χ0v) is 7.85. The van der Waals surface area contributed by atoms with Crippen molar-refractivity contribution >= 4 is 5.97 Å². The van der Waals surface area contributed by atoms with Gasteiger partial charge in [0, 0.05) is 6.42 Å². The van der Waals surface area contributed by atoms with Crippen molar-refractivity contribution in [2.45, 2.75) is 46.0 Å². The Morgan fingerprint density at radius 3 is 2.67 bits per heavy atom. The van der Waals surface area contributed by atoms with E-state index >= 15 is 0 Å². The fourth-order valence-corrected chi connectivity index (χ4v) is 1.38. The largest absolute Gasteiger partial charge is 0.431 e. The molecule has 1 aliphatic rings. The van der Waals surface area contributed by atoms with Gasteiger partial charge in [-0.15, -0.1) is 0 Å². The molecule has 1 heterocycles. The van der Waals surface area contributed by atoms with Crippen molar-refractivity contribution in [3.63, 3.8) is 0 Å². The summed E-state index contributed by atoms with van der Waals surface area (Å²) in [6.07, 6.45) is 5.00. The fraction of sp³-hybridized carbons (Fsp3) is 0.700. The molecule has 0 N–H and O–H groups in total. The molecule has 0 spiro atoms. The van der Waals surface area contributed by atoms with Crippen LogP contribution >= 0.6 is 0 Å². The quantitative estimate of drug-likeness (QED) is 0.476. The first-order valence-electron chi connectivity index (χ1n) is 4.63. The molecule has 1 aliphatic heterocycles. The number of esters is 1. The van der Waals surface area contributed by atoms with Crippen LogP contribution in [0.5, 0.6) is 0 Å². The lowest BCUT2D eigenvalue weighted by atomic mass is 10.1. The predicted molar refractivity (Wildman–Crippen MR) is 47.6 cm³/mol. The first-order valence-corrected chi connectivity index (χ1v) is 4.63. The molecule has 0 saturated carbocycles. The summed E-state index contributed by atoms with van der Waals surface area (Å²) < 4.78 is 5.06. The van der Waals surface area contributed by atoms with E-state index in [-0.39, 0.29) is 5.97 Å². The van der Waals surface area contributed by atoms with Crippen LogP contribution < -0.4 is 0 Å². The van der Waals surface area contributed by atoms with E-state index < -0.39 is 0 Å². The minimum absolute atomic E-state index is 0.0843. The van der Waals surface area contributed by atoms with Crippen LogP contribution in [-0.4, -0.2) is 5.97 Å². The standard InChI is InChI=1S/C10H16O2/c1-3-4-5-6-9-8(2)7-10(11)12-9/h3-7H2,1-2H3. The third-order valence-corrected chi connectivity index (χ3v) is 2.13. The van der Waals surface area contributed by atoms with Gasteiger partial charge in [0.15, 0.2) is 0 Å². The van der Waals surface area contributed by atoms with Gasteiger partial charge in [-0.05, 0) is 18.9 Å². The van der Waals surface area contributed by atoms with Gasteiger partial charge < -0.3 is 4.74 Å². The highest BCUT2D eigenvalue weighted by atomic mass is 16.5. The number of rotatable bonds is 4. The average molecular weight is 168 g/mol. The van der Waals surface area contributed by atoms with Crippen LogP contribution in [0.25, 0.3) is 0 Å². The third kappa shape index (κ3) is 2.36. The minimum Gasteiger partial charge on any atom is -0.431 e. The van der Waals surface area contributed by atoms with E-state index in [4.69, 9.17) is 4.74 Å². The molecule has 1 rings (SSSR count). The normalized spacial score (nSPS) is 17.0. The molecule has 0 aromatic carbocycles. The van der Waals surface area contributed by atoms with Gasteiger partial charge in [-0.1, -0.05) is 19.8 Å². The Hall–Kier alpha value is -0.790. The summed E-state index contributed by atoms with van der Waals surface area (Å²) in [4.78, 5) is 10.8. The molecule has 0 saturated heterocycles. The van der Waals surface area contributed by atoms with Gasteiger partial charge in [0.2, 0.25) is 0 Å². The highest BCUT2D eigenvalue weighted by Crippen LogP contribution is 2.24. The third-order valence-electron chi connectivity index (χ3n) is 2.13. The second kappa shape index (κ2) is 4.29. The number of cyclic esters (lactones) is 1. The Bertz CT molecular complexity index is 204. The van der Waals surface area contributed by atoms with Crippen molar-refractivity contribution < 1.29 is 9.53 Å². The fourth-order valence-electron chi connectivity index (χ4n) is 1.38. The van der Waals surface area contributed by atoms with Crippen LogP contribution in [-0.2, 0) is 9.53 Å². The molecule has 0 aromatic rings. The smallest absolute Gasteiger partial charge is 0.315 e. The minimum atomic E-state index is -0.0843. The van der Waals surface area contributed by atoms with Gasteiger partial charge in [-0.25, -0.2) is 0 Å². The van der Waals surface area contributed by atoms with Gasteiger partial charge in [0.05, 0.1) is 6.42 Å². The summed E-state index contributed by atoms with van der Waals surface area (Å²) in [6, 6.07) is 0. The molecule has 0 amide bonds. The lowest BCUT2D eigenvalue weighted by Gasteiger charge is -2.01. The Labute approximate surface area is 73.6 Å². The molecule has 0 radical (unpaired) electrons. The van der Waals surface area contributed by atoms with Crippen molar-refractivity contribution in [1.29, 1.82) is 0 Å². The summed E-state index contributed by atoms with van der Waals surface area (Å²) in [6.45, 7) is 4.15. The number of carbonyl (C=O) groups is 1. The molecule has 0 aliphatic carbocycles. The molecule has 0 atom stereocenters. The first kappa shape index (κ1) is 9.30. The highest BCUT2D eigenvalue weighted by Gasteiger charge is 2.19. The van der Waals surface area contributed by atoms with Crippen LogP contribution in [0.2, 0.25) is 0 Å². The molecular weight excluding hydrogens is 152 g/mol. The first-order chi connectivity index (χ1) is 5.74. The number of ether oxygens (including phenoxy) is 1. The van der Waals surface area contributed by atoms with Gasteiger partial charge in [-0.2, -0.15) is 0 Å². The van der Waals surface area contributed by atoms with E-state index in [9.17, 15) is 4.79 Å². The van der Waals surface area contributed by atoms with Crippen LogP contribution in [0.15, 0.2) is 11.3 Å². The molecule has 2 nitrogen and oxygen atoms in total. The van der Waals surface area contributed by atoms with Crippen molar-refractivity contribution in [3.8, 4) is 0 Å². The maximum atomic E-state index is 10.8. The Kier molecular flexibility index (Phi) is 3.32. The zero-order valence-electron chi connectivity index (χ0n) is 7.85. The predicted octanol–water partition coefficient (Wildman–Crippen LogP) is 2.79.